The zero-order chi connectivity index (χ0) is 12.7. The first-order valence-corrected chi connectivity index (χ1v) is 4.61. The number of aromatic amines is 1. The first-order chi connectivity index (χ1) is 8.11. The summed E-state index contributed by atoms with van der Waals surface area (Å²) in [6.45, 7) is 0. The molecule has 1 aromatic carbocycles. The number of carboxylic acids is 2. The van der Waals surface area contributed by atoms with Gasteiger partial charge in [0.2, 0.25) is 0 Å². The molecule has 2 aromatic rings. The molecule has 0 bridgehead atoms. The molecule has 7 nitrogen and oxygen atoms in total. The quantitative estimate of drug-likeness (QED) is 0.670. The third-order valence-corrected chi connectivity index (χ3v) is 1.76. The zero-order valence-electron chi connectivity index (χ0n) is 9.20. The van der Waals surface area contributed by atoms with Crippen LogP contribution in [0.4, 0.5) is 0 Å². The number of benzene rings is 1. The Morgan fingerprint density at radius 1 is 1.05 bits per heavy atom. The number of carboxylic acid groups (broad SMARTS) is 2. The second-order valence-corrected chi connectivity index (χ2v) is 2.96. The minimum Gasteiger partial charge on any atom is -0.286 e. The number of rotatable bonds is 2. The number of nitrogens with one attached hydrogen (secondary N) is 1. The Bertz CT molecular complexity index is 455. The fourth-order valence-electron chi connectivity index (χ4n) is 1.00. The molecule has 0 radical (unpaired) electrons. The van der Waals surface area contributed by atoms with Gasteiger partial charge in [-0.1, -0.05) is 6.07 Å². The molecule has 0 atom stereocenters. The number of aromatic carboxylic acids is 2. The molecule has 5 N–H and O–H groups in total. The Morgan fingerprint density at radius 3 is 1.84 bits per heavy atom. The van der Waals surface area contributed by atoms with Crippen LogP contribution in [0.3, 0.4) is 0 Å². The van der Waals surface area contributed by atoms with Gasteiger partial charge in [-0.25, -0.2) is 9.59 Å². The molecule has 0 aliphatic carbocycles. The van der Waals surface area contributed by atoms with Crippen LogP contribution in [-0.4, -0.2) is 89.2 Å². The topological polar surface area (TPSA) is 135 Å². The summed E-state index contributed by atoms with van der Waals surface area (Å²) in [7, 11) is 0. The van der Waals surface area contributed by atoms with Gasteiger partial charge in [-0.3, -0.25) is 5.10 Å². The van der Waals surface area contributed by atoms with E-state index in [2.05, 4.69) is 10.2 Å². The van der Waals surface area contributed by atoms with Crippen molar-refractivity contribution in [2.45, 2.75) is 0 Å². The second-order valence-electron chi connectivity index (χ2n) is 2.96. The fraction of sp³-hybridized carbons (Fsp3) is 0. The molecule has 0 fully saturated rings. The smallest absolute Gasteiger partial charge is 0.0487 e. The maximum absolute atomic E-state index is 10.4. The van der Waals surface area contributed by atoms with Crippen molar-refractivity contribution in [1.82, 2.24) is 10.2 Å². The fourth-order valence-corrected chi connectivity index (χ4v) is 1.00. The van der Waals surface area contributed by atoms with E-state index in [1.807, 2.05) is 6.07 Å². The van der Waals surface area contributed by atoms with Gasteiger partial charge < -0.3 is 15.7 Å². The summed E-state index contributed by atoms with van der Waals surface area (Å²) in [5.74, 6) is -2.25. The Hall–Kier alpha value is -1.03. The minimum atomic E-state index is -1.13. The van der Waals surface area contributed by atoms with E-state index in [1.165, 1.54) is 18.2 Å². The molecule has 0 saturated carbocycles. The third-order valence-electron chi connectivity index (χ3n) is 1.76. The van der Waals surface area contributed by atoms with Crippen LogP contribution in [0, 0.1) is 0 Å². The van der Waals surface area contributed by atoms with Crippen molar-refractivity contribution in [1.29, 1.82) is 0 Å². The predicted octanol–water partition coefficient (Wildman–Crippen LogP) is 0.0195. The summed E-state index contributed by atoms with van der Waals surface area (Å²) < 4.78 is 0. The van der Waals surface area contributed by atoms with Gasteiger partial charge >= 0.3 is 63.3 Å². The number of carbonyl (C=O) groups is 2. The van der Waals surface area contributed by atoms with Gasteiger partial charge in [-0.2, -0.15) is 5.10 Å². The van der Waals surface area contributed by atoms with E-state index < -0.39 is 11.9 Å². The number of aromatic nitrogens is 2. The summed E-state index contributed by atoms with van der Waals surface area (Å²) in [4.78, 5) is 20.8. The molecule has 0 amide bonds. The average Bonchev–Trinajstić information content (AvgIpc) is 2.87. The average molecular weight is 292 g/mol. The van der Waals surface area contributed by atoms with E-state index in [1.54, 1.807) is 12.4 Å². The maximum atomic E-state index is 10.4. The van der Waals surface area contributed by atoms with Crippen LogP contribution < -0.4 is 0 Å². The molecule has 19 heavy (non-hydrogen) atoms. The molecule has 0 saturated heterocycles. The van der Waals surface area contributed by atoms with Crippen molar-refractivity contribution in [3.63, 3.8) is 0 Å². The molecule has 8 heteroatoms. The third kappa shape index (κ3) is 7.88. The Balaban J connectivity index is 0. The molecule has 0 spiro atoms. The normalized spacial score (nSPS) is 8.00. The van der Waals surface area contributed by atoms with Gasteiger partial charge in [-0.15, -0.1) is 0 Å². The predicted molar refractivity (Wildman–Crippen MR) is 69.7 cm³/mol. The standard InChI is InChI=1S/C8H6O4.C3H4N2.K.H2O.H/c9-7(10)5-2-1-3-6(4-5)8(11)12;1-2-4-5-3-1;;;/h1-4H,(H,9,10)(H,11,12);1-3H,(H,4,5);;1H2;. The van der Waals surface area contributed by atoms with Gasteiger partial charge in [0.15, 0.2) is 0 Å². The number of H-pyrrole nitrogens is 1. The van der Waals surface area contributed by atoms with Crippen LogP contribution in [0.2, 0.25) is 0 Å². The van der Waals surface area contributed by atoms with Crippen molar-refractivity contribution in [2.75, 3.05) is 0 Å². The van der Waals surface area contributed by atoms with E-state index in [4.69, 9.17) is 10.2 Å². The molecule has 1 heterocycles. The molecule has 0 unspecified atom stereocenters. The van der Waals surface area contributed by atoms with Gasteiger partial charge in [-0.05, 0) is 24.3 Å². The summed E-state index contributed by atoms with van der Waals surface area (Å²) in [5, 5.41) is 23.2. The van der Waals surface area contributed by atoms with Crippen LogP contribution in [0.15, 0.2) is 42.7 Å². The summed E-state index contributed by atoms with van der Waals surface area (Å²) in [6, 6.07) is 7.03. The van der Waals surface area contributed by atoms with Crippen LogP contribution in [-0.2, 0) is 0 Å². The first kappa shape index (κ1) is 20.3. The number of hydrogen-bond donors (Lipinski definition) is 3. The number of nitrogens with zero attached hydrogens (tertiary/aromatic N) is 1. The Kier molecular flexibility index (Phi) is 11.6. The molecule has 98 valence electrons. The largest absolute Gasteiger partial charge is 0.286 e. The van der Waals surface area contributed by atoms with Crippen molar-refractivity contribution in [3.05, 3.63) is 53.9 Å². The van der Waals surface area contributed by atoms with Gasteiger partial charge in [0.1, 0.15) is 0 Å². The van der Waals surface area contributed by atoms with Crippen molar-refractivity contribution in [3.8, 4) is 0 Å². The molecular formula is C11H13KN2O5. The van der Waals surface area contributed by atoms with Crippen molar-refractivity contribution in [2.24, 2.45) is 0 Å². The number of hydrogen-bond acceptors (Lipinski definition) is 3. The molecular weight excluding hydrogens is 279 g/mol. The van der Waals surface area contributed by atoms with Crippen LogP contribution in [0.1, 0.15) is 20.7 Å². The van der Waals surface area contributed by atoms with E-state index in [0.717, 1.165) is 6.07 Å². The van der Waals surface area contributed by atoms with Crippen molar-refractivity contribution < 1.29 is 25.3 Å². The monoisotopic (exact) mass is 292 g/mol. The van der Waals surface area contributed by atoms with Gasteiger partial charge in [0, 0.05) is 12.4 Å². The van der Waals surface area contributed by atoms with Crippen LogP contribution >= 0.6 is 0 Å². The first-order valence-electron chi connectivity index (χ1n) is 4.61. The van der Waals surface area contributed by atoms with E-state index in [-0.39, 0.29) is 68.0 Å². The summed E-state index contributed by atoms with van der Waals surface area (Å²) >= 11 is 0. The zero-order valence-corrected chi connectivity index (χ0v) is 9.20. The van der Waals surface area contributed by atoms with Crippen molar-refractivity contribution >= 4 is 63.3 Å². The summed E-state index contributed by atoms with van der Waals surface area (Å²) in [6.07, 6.45) is 3.46. The molecule has 0 aliphatic rings. The maximum Gasteiger partial charge on any atom is 0.0487 e. The van der Waals surface area contributed by atoms with E-state index >= 15 is 0 Å². The molecule has 2 rings (SSSR count). The van der Waals surface area contributed by atoms with Gasteiger partial charge in [0.25, 0.3) is 0 Å². The minimum absolute atomic E-state index is 0. The van der Waals surface area contributed by atoms with Crippen LogP contribution in [0.5, 0.6) is 0 Å². The SMILES string of the molecule is O.O=C(O)c1cccc(C(=O)O)c1.[KH].c1cn[nH]c1. The van der Waals surface area contributed by atoms with E-state index in [0.29, 0.717) is 0 Å². The van der Waals surface area contributed by atoms with E-state index in [9.17, 15) is 9.59 Å². The molecule has 0 aliphatic heterocycles. The van der Waals surface area contributed by atoms with Crippen LogP contribution in [0.25, 0.3) is 0 Å². The van der Waals surface area contributed by atoms with Gasteiger partial charge in [0.05, 0.1) is 11.1 Å². The Labute approximate surface area is 151 Å². The summed E-state index contributed by atoms with van der Waals surface area (Å²) in [5.41, 5.74) is -0.0372. The Morgan fingerprint density at radius 2 is 1.58 bits per heavy atom. The molecule has 1 aromatic heterocycles. The second kappa shape index (κ2) is 10.8.